The second kappa shape index (κ2) is 9.18. The van der Waals surface area contributed by atoms with E-state index in [1.54, 1.807) is 30.3 Å². The van der Waals surface area contributed by atoms with Crippen molar-refractivity contribution in [1.82, 2.24) is 0 Å². The van der Waals surface area contributed by atoms with Crippen LogP contribution in [-0.4, -0.2) is 18.9 Å². The molecule has 3 rings (SSSR count). The predicted molar refractivity (Wildman–Crippen MR) is 117 cm³/mol. The molecule has 0 aromatic heterocycles. The van der Waals surface area contributed by atoms with Gasteiger partial charge in [-0.05, 0) is 36.4 Å². The van der Waals surface area contributed by atoms with Crippen molar-refractivity contribution < 1.29 is 14.3 Å². The quantitative estimate of drug-likeness (QED) is 0.490. The summed E-state index contributed by atoms with van der Waals surface area (Å²) in [7, 11) is 1.45. The van der Waals surface area contributed by atoms with Crippen LogP contribution >= 0.6 is 34.8 Å². The summed E-state index contributed by atoms with van der Waals surface area (Å²) >= 11 is 18.2. The molecule has 29 heavy (non-hydrogen) atoms. The number of carbonyl (C=O) groups excluding carboxylic acids is 2. The third-order valence-electron chi connectivity index (χ3n) is 4.00. The lowest BCUT2D eigenvalue weighted by Gasteiger charge is -2.14. The first-order valence-electron chi connectivity index (χ1n) is 8.39. The molecule has 0 saturated heterocycles. The monoisotopic (exact) mass is 448 g/mol. The Labute approximate surface area is 182 Å². The molecule has 0 spiro atoms. The van der Waals surface area contributed by atoms with Crippen molar-refractivity contribution in [3.05, 3.63) is 86.9 Å². The standard InChI is InChI=1S/C21H15Cl3N2O3/c1-29-19-11-17(25-20(27)12-5-3-2-4-6-12)16(24)10-18(19)26-21(28)13-7-8-14(22)15(23)9-13/h2-11H,1H3,(H,25,27)(H,26,28). The Balaban J connectivity index is 1.83. The largest absolute Gasteiger partial charge is 0.494 e. The van der Waals surface area contributed by atoms with E-state index in [1.165, 1.54) is 31.4 Å². The average Bonchev–Trinajstić information content (AvgIpc) is 2.72. The minimum atomic E-state index is -0.418. The molecule has 0 aliphatic carbocycles. The summed E-state index contributed by atoms with van der Waals surface area (Å²) in [5.41, 5.74) is 1.50. The van der Waals surface area contributed by atoms with Crippen LogP contribution in [0, 0.1) is 0 Å². The fourth-order valence-electron chi connectivity index (χ4n) is 2.53. The van der Waals surface area contributed by atoms with E-state index in [-0.39, 0.29) is 16.0 Å². The first kappa shape index (κ1) is 21.0. The molecule has 5 nitrogen and oxygen atoms in total. The molecule has 0 radical (unpaired) electrons. The fraction of sp³-hybridized carbons (Fsp3) is 0.0476. The van der Waals surface area contributed by atoms with Gasteiger partial charge in [0.15, 0.2) is 0 Å². The van der Waals surface area contributed by atoms with Crippen LogP contribution in [0.3, 0.4) is 0 Å². The van der Waals surface area contributed by atoms with Crippen LogP contribution in [0.1, 0.15) is 20.7 Å². The van der Waals surface area contributed by atoms with Gasteiger partial charge in [-0.15, -0.1) is 0 Å². The highest BCUT2D eigenvalue weighted by atomic mass is 35.5. The van der Waals surface area contributed by atoms with E-state index in [0.717, 1.165) is 0 Å². The van der Waals surface area contributed by atoms with Gasteiger partial charge in [0.2, 0.25) is 0 Å². The number of carbonyl (C=O) groups is 2. The smallest absolute Gasteiger partial charge is 0.255 e. The van der Waals surface area contributed by atoms with Crippen LogP contribution in [0.4, 0.5) is 11.4 Å². The normalized spacial score (nSPS) is 10.3. The Bertz CT molecular complexity index is 1070. The van der Waals surface area contributed by atoms with E-state index in [1.807, 2.05) is 6.07 Å². The molecule has 0 heterocycles. The minimum Gasteiger partial charge on any atom is -0.494 e. The van der Waals surface area contributed by atoms with Gasteiger partial charge in [-0.2, -0.15) is 0 Å². The zero-order valence-corrected chi connectivity index (χ0v) is 17.4. The van der Waals surface area contributed by atoms with Crippen LogP contribution in [0.25, 0.3) is 0 Å². The molecule has 0 unspecified atom stereocenters. The van der Waals surface area contributed by atoms with Crippen LogP contribution in [0.2, 0.25) is 15.1 Å². The number of amides is 2. The Morgan fingerprint density at radius 2 is 1.38 bits per heavy atom. The summed E-state index contributed by atoms with van der Waals surface area (Å²) in [6, 6.07) is 16.3. The molecule has 3 aromatic carbocycles. The van der Waals surface area contributed by atoms with E-state index in [9.17, 15) is 9.59 Å². The molecule has 0 bridgehead atoms. The third-order valence-corrected chi connectivity index (χ3v) is 5.06. The van der Waals surface area contributed by atoms with Gasteiger partial charge >= 0.3 is 0 Å². The lowest BCUT2D eigenvalue weighted by molar-refractivity contribution is 0.101. The van der Waals surface area contributed by atoms with Gasteiger partial charge in [0.25, 0.3) is 11.8 Å². The first-order valence-corrected chi connectivity index (χ1v) is 9.52. The molecule has 2 N–H and O–H groups in total. The number of hydrogen-bond acceptors (Lipinski definition) is 3. The highest BCUT2D eigenvalue weighted by molar-refractivity contribution is 6.42. The molecule has 0 aliphatic rings. The molecule has 0 atom stereocenters. The third kappa shape index (κ3) is 5.01. The van der Waals surface area contributed by atoms with E-state index >= 15 is 0 Å². The lowest BCUT2D eigenvalue weighted by atomic mass is 10.2. The van der Waals surface area contributed by atoms with Crippen molar-refractivity contribution in [3.63, 3.8) is 0 Å². The Kier molecular flexibility index (Phi) is 6.64. The molecule has 8 heteroatoms. The lowest BCUT2D eigenvalue weighted by Crippen LogP contribution is -2.14. The molecule has 3 aromatic rings. The van der Waals surface area contributed by atoms with Crippen molar-refractivity contribution in [3.8, 4) is 5.75 Å². The summed E-state index contributed by atoms with van der Waals surface area (Å²) < 4.78 is 5.34. The van der Waals surface area contributed by atoms with Gasteiger partial charge in [-0.1, -0.05) is 53.0 Å². The maximum absolute atomic E-state index is 12.5. The first-order chi connectivity index (χ1) is 13.9. The number of benzene rings is 3. The SMILES string of the molecule is COc1cc(NC(=O)c2ccccc2)c(Cl)cc1NC(=O)c1ccc(Cl)c(Cl)c1. The minimum absolute atomic E-state index is 0.236. The van der Waals surface area contributed by atoms with Gasteiger partial charge < -0.3 is 15.4 Å². The zero-order valence-electron chi connectivity index (χ0n) is 15.1. The summed E-state index contributed by atoms with van der Waals surface area (Å²) in [4.78, 5) is 24.9. The number of methoxy groups -OCH3 is 1. The molecular formula is C21H15Cl3N2O3. The Morgan fingerprint density at radius 1 is 0.724 bits per heavy atom. The van der Waals surface area contributed by atoms with E-state index in [0.29, 0.717) is 33.3 Å². The molecule has 2 amide bonds. The highest BCUT2D eigenvalue weighted by Crippen LogP contribution is 2.35. The maximum atomic E-state index is 12.5. The zero-order chi connectivity index (χ0) is 21.0. The average molecular weight is 450 g/mol. The van der Waals surface area contributed by atoms with Crippen LogP contribution in [0.5, 0.6) is 5.75 Å². The molecule has 0 fully saturated rings. The number of anilines is 2. The second-order valence-electron chi connectivity index (χ2n) is 5.94. The summed E-state index contributed by atoms with van der Waals surface area (Å²) in [6.07, 6.45) is 0. The number of hydrogen-bond donors (Lipinski definition) is 2. The van der Waals surface area contributed by atoms with E-state index < -0.39 is 5.91 Å². The predicted octanol–water partition coefficient (Wildman–Crippen LogP) is 6.16. The van der Waals surface area contributed by atoms with Gasteiger partial charge in [-0.3, -0.25) is 9.59 Å². The second-order valence-corrected chi connectivity index (χ2v) is 7.16. The molecular weight excluding hydrogens is 435 g/mol. The van der Waals surface area contributed by atoms with Crippen LogP contribution in [0.15, 0.2) is 60.7 Å². The van der Waals surface area contributed by atoms with Gasteiger partial charge in [0.1, 0.15) is 5.75 Å². The maximum Gasteiger partial charge on any atom is 0.255 e. The van der Waals surface area contributed by atoms with Crippen molar-refractivity contribution in [1.29, 1.82) is 0 Å². The summed E-state index contributed by atoms with van der Waals surface area (Å²) in [6.45, 7) is 0. The van der Waals surface area contributed by atoms with Gasteiger partial charge in [-0.25, -0.2) is 0 Å². The van der Waals surface area contributed by atoms with Gasteiger partial charge in [0.05, 0.1) is 33.6 Å². The molecule has 0 saturated carbocycles. The summed E-state index contributed by atoms with van der Waals surface area (Å²) in [5, 5.41) is 6.30. The topological polar surface area (TPSA) is 67.4 Å². The molecule has 148 valence electrons. The Morgan fingerprint density at radius 3 is 2.03 bits per heavy atom. The fourth-order valence-corrected chi connectivity index (χ4v) is 3.04. The van der Waals surface area contributed by atoms with Crippen molar-refractivity contribution in [2.24, 2.45) is 0 Å². The van der Waals surface area contributed by atoms with Gasteiger partial charge in [0, 0.05) is 17.2 Å². The van der Waals surface area contributed by atoms with Crippen molar-refractivity contribution in [2.45, 2.75) is 0 Å². The van der Waals surface area contributed by atoms with Crippen LogP contribution in [-0.2, 0) is 0 Å². The van der Waals surface area contributed by atoms with Crippen molar-refractivity contribution in [2.75, 3.05) is 17.7 Å². The van der Waals surface area contributed by atoms with Crippen LogP contribution < -0.4 is 15.4 Å². The van der Waals surface area contributed by atoms with E-state index in [2.05, 4.69) is 10.6 Å². The van der Waals surface area contributed by atoms with E-state index in [4.69, 9.17) is 39.5 Å². The number of rotatable bonds is 5. The number of halogens is 3. The number of ether oxygens (including phenoxy) is 1. The summed E-state index contributed by atoms with van der Waals surface area (Å²) in [5.74, 6) is -0.410. The van der Waals surface area contributed by atoms with Crippen molar-refractivity contribution >= 4 is 58.0 Å². The number of nitrogens with one attached hydrogen (secondary N) is 2. The Hall–Kier alpha value is -2.73. The molecule has 0 aliphatic heterocycles. The highest BCUT2D eigenvalue weighted by Gasteiger charge is 2.16.